The number of rotatable bonds is 8. The second kappa shape index (κ2) is 8.63. The highest BCUT2D eigenvalue weighted by Crippen LogP contribution is 2.24. The first-order valence-corrected chi connectivity index (χ1v) is 6.47. The maximum atomic E-state index is 11.3. The molecule has 4 N–H and O–H groups in total. The summed E-state index contributed by atoms with van der Waals surface area (Å²) in [6.07, 6.45) is 0.425. The molecule has 0 bridgehead atoms. The van der Waals surface area contributed by atoms with Crippen molar-refractivity contribution in [2.75, 3.05) is 12.4 Å². The molecule has 0 heterocycles. The molecule has 0 aliphatic heterocycles. The van der Waals surface area contributed by atoms with Crippen LogP contribution in [0.1, 0.15) is 19.3 Å². The van der Waals surface area contributed by atoms with Crippen LogP contribution in [0.2, 0.25) is 0 Å². The average molecular weight is 322 g/mol. The molecule has 0 radical (unpaired) electrons. The smallest absolute Gasteiger partial charge is 0.410 e. The molecule has 1 atom stereocenters. The summed E-state index contributed by atoms with van der Waals surface area (Å²) in [6, 6.07) is -1.08. The van der Waals surface area contributed by atoms with Gasteiger partial charge in [-0.1, -0.05) is 23.2 Å². The van der Waals surface area contributed by atoms with Gasteiger partial charge in [-0.25, -0.2) is 9.59 Å². The number of ether oxygens (including phenoxy) is 1. The first kappa shape index (κ1) is 17.6. The van der Waals surface area contributed by atoms with Crippen LogP contribution in [0.4, 0.5) is 4.79 Å². The maximum Gasteiger partial charge on any atom is 0.410 e. The fourth-order valence-corrected chi connectivity index (χ4v) is 1.28. The lowest BCUT2D eigenvalue weighted by Crippen LogP contribution is -2.43. The van der Waals surface area contributed by atoms with Crippen LogP contribution < -0.4 is 11.1 Å². The predicted octanol–water partition coefficient (Wildman–Crippen LogP) is 1.67. The predicted molar refractivity (Wildman–Crippen MR) is 69.1 cm³/mol. The van der Waals surface area contributed by atoms with Crippen LogP contribution in [0, 0.1) is 0 Å². The fourth-order valence-electron chi connectivity index (χ4n) is 1.08. The van der Waals surface area contributed by atoms with Gasteiger partial charge in [0.15, 0.2) is 0 Å². The number of carboxylic acids is 1. The minimum atomic E-state index is -1.88. The first-order chi connectivity index (χ1) is 8.32. The Morgan fingerprint density at radius 2 is 2.00 bits per heavy atom. The Bertz CT molecular complexity index is 289. The van der Waals surface area contributed by atoms with Crippen molar-refractivity contribution in [1.82, 2.24) is 5.32 Å². The van der Waals surface area contributed by atoms with E-state index in [0.717, 1.165) is 0 Å². The van der Waals surface area contributed by atoms with Crippen LogP contribution in [-0.2, 0) is 9.53 Å². The summed E-state index contributed by atoms with van der Waals surface area (Å²) in [5.41, 5.74) is 5.28. The van der Waals surface area contributed by atoms with Crippen LogP contribution in [0.5, 0.6) is 0 Å². The third-order valence-electron chi connectivity index (χ3n) is 1.93. The summed E-state index contributed by atoms with van der Waals surface area (Å²) in [6.45, 7) is 0.454. The number of carboxylic acid groups (broad SMARTS) is 1. The highest BCUT2D eigenvalue weighted by atomic mass is 35.5. The highest BCUT2D eigenvalue weighted by Gasteiger charge is 2.30. The Morgan fingerprint density at radius 3 is 2.44 bits per heavy atom. The Balaban J connectivity index is 4.24. The molecule has 0 aromatic rings. The van der Waals surface area contributed by atoms with Gasteiger partial charge in [0.2, 0.25) is 0 Å². The third-order valence-corrected chi connectivity index (χ3v) is 3.01. The molecule has 106 valence electrons. The van der Waals surface area contributed by atoms with Crippen LogP contribution in [-0.4, -0.2) is 40.2 Å². The molecule has 6 nitrogen and oxygen atoms in total. The second-order valence-corrected chi connectivity index (χ2v) is 5.16. The van der Waals surface area contributed by atoms with Crippen molar-refractivity contribution in [2.45, 2.75) is 29.8 Å². The van der Waals surface area contributed by atoms with Gasteiger partial charge in [0, 0.05) is 0 Å². The molecule has 0 rings (SSSR count). The number of alkyl halides is 3. The Labute approximate surface area is 120 Å². The largest absolute Gasteiger partial charge is 0.480 e. The molecule has 0 fully saturated rings. The van der Waals surface area contributed by atoms with Gasteiger partial charge in [-0.15, -0.1) is 11.6 Å². The minimum absolute atomic E-state index is 0.236. The first-order valence-electron chi connectivity index (χ1n) is 5.18. The van der Waals surface area contributed by atoms with Gasteiger partial charge in [-0.2, -0.15) is 0 Å². The maximum absolute atomic E-state index is 11.3. The topological polar surface area (TPSA) is 102 Å². The normalized spacial score (nSPS) is 12.9. The minimum Gasteiger partial charge on any atom is -0.480 e. The van der Waals surface area contributed by atoms with E-state index in [2.05, 4.69) is 10.1 Å². The summed E-state index contributed by atoms with van der Waals surface area (Å²) in [5, 5.41) is 11.0. The van der Waals surface area contributed by atoms with Gasteiger partial charge < -0.3 is 20.9 Å². The summed E-state index contributed by atoms with van der Waals surface area (Å²) >= 11 is 16.3. The standard InChI is InChI=1S/C9H15Cl3N2O4/c10-5-9(11,12)18-8(17)14-6(7(15)16)3-1-2-4-13/h6H,1-5,13H2,(H,14,17)(H,15,16). The number of hydrogen-bond acceptors (Lipinski definition) is 4. The zero-order chi connectivity index (χ0) is 14.2. The van der Waals surface area contributed by atoms with E-state index in [-0.39, 0.29) is 12.3 Å². The lowest BCUT2D eigenvalue weighted by molar-refractivity contribution is -0.139. The second-order valence-electron chi connectivity index (χ2n) is 3.48. The molecule has 1 unspecified atom stereocenters. The number of hydrogen-bond donors (Lipinski definition) is 3. The van der Waals surface area contributed by atoms with E-state index in [9.17, 15) is 9.59 Å². The number of alkyl carbamates (subject to hydrolysis) is 1. The zero-order valence-corrected chi connectivity index (χ0v) is 11.8. The number of amides is 1. The molecule has 0 saturated carbocycles. The van der Waals surface area contributed by atoms with Gasteiger partial charge in [-0.3, -0.25) is 0 Å². The van der Waals surface area contributed by atoms with Crippen molar-refractivity contribution in [1.29, 1.82) is 0 Å². The molecule has 0 aromatic carbocycles. The molecular formula is C9H15Cl3N2O4. The fraction of sp³-hybridized carbons (Fsp3) is 0.778. The van der Waals surface area contributed by atoms with Gasteiger partial charge in [0.05, 0.1) is 5.88 Å². The number of halogens is 3. The zero-order valence-electron chi connectivity index (χ0n) is 9.50. The third kappa shape index (κ3) is 7.81. The lowest BCUT2D eigenvalue weighted by Gasteiger charge is -2.19. The van der Waals surface area contributed by atoms with Crippen LogP contribution in [0.25, 0.3) is 0 Å². The van der Waals surface area contributed by atoms with E-state index in [0.29, 0.717) is 19.4 Å². The summed E-state index contributed by atoms with van der Waals surface area (Å²) in [4.78, 5) is 22.2. The summed E-state index contributed by atoms with van der Waals surface area (Å²) in [5.74, 6) is -1.52. The van der Waals surface area contributed by atoms with Gasteiger partial charge >= 0.3 is 12.1 Å². The summed E-state index contributed by atoms with van der Waals surface area (Å²) in [7, 11) is 0. The van der Waals surface area contributed by atoms with Gasteiger partial charge in [0.25, 0.3) is 4.52 Å². The van der Waals surface area contributed by atoms with Crippen molar-refractivity contribution in [3.63, 3.8) is 0 Å². The Kier molecular flexibility index (Phi) is 8.43. The number of nitrogens with two attached hydrogens (primary N) is 1. The van der Waals surface area contributed by atoms with Crippen molar-refractivity contribution >= 4 is 46.9 Å². The molecular weight excluding hydrogens is 306 g/mol. The molecule has 0 spiro atoms. The van der Waals surface area contributed by atoms with Crippen LogP contribution >= 0.6 is 34.8 Å². The van der Waals surface area contributed by atoms with E-state index in [4.69, 9.17) is 45.6 Å². The van der Waals surface area contributed by atoms with E-state index in [1.807, 2.05) is 0 Å². The SMILES string of the molecule is NCCCCC(NC(=O)OC(Cl)(Cl)CCl)C(=O)O. The van der Waals surface area contributed by atoms with E-state index >= 15 is 0 Å². The number of carbonyl (C=O) groups is 2. The Hall–Kier alpha value is -0.430. The average Bonchev–Trinajstić information content (AvgIpc) is 2.27. The quantitative estimate of drug-likeness (QED) is 0.466. The number of nitrogens with one attached hydrogen (secondary N) is 1. The van der Waals surface area contributed by atoms with Gasteiger partial charge in [-0.05, 0) is 25.8 Å². The number of carbonyl (C=O) groups excluding carboxylic acids is 1. The van der Waals surface area contributed by atoms with E-state index in [1.165, 1.54) is 0 Å². The molecule has 0 aliphatic rings. The van der Waals surface area contributed by atoms with Crippen molar-refractivity contribution < 1.29 is 19.4 Å². The van der Waals surface area contributed by atoms with Crippen molar-refractivity contribution in [3.8, 4) is 0 Å². The molecule has 0 aromatic heterocycles. The summed E-state index contributed by atoms with van der Waals surface area (Å²) < 4.78 is 2.65. The molecule has 0 saturated heterocycles. The number of unbranched alkanes of at least 4 members (excludes halogenated alkanes) is 1. The Morgan fingerprint density at radius 1 is 1.39 bits per heavy atom. The van der Waals surface area contributed by atoms with Gasteiger partial charge in [0.1, 0.15) is 6.04 Å². The monoisotopic (exact) mass is 320 g/mol. The molecule has 9 heteroatoms. The molecule has 1 amide bonds. The van der Waals surface area contributed by atoms with E-state index < -0.39 is 22.6 Å². The molecule has 0 aliphatic carbocycles. The number of aliphatic carboxylic acids is 1. The van der Waals surface area contributed by atoms with Crippen molar-refractivity contribution in [2.24, 2.45) is 5.73 Å². The highest BCUT2D eigenvalue weighted by molar-refractivity contribution is 6.50. The van der Waals surface area contributed by atoms with Crippen LogP contribution in [0.3, 0.4) is 0 Å². The van der Waals surface area contributed by atoms with Crippen LogP contribution in [0.15, 0.2) is 0 Å². The molecule has 18 heavy (non-hydrogen) atoms. The lowest BCUT2D eigenvalue weighted by atomic mass is 10.1. The van der Waals surface area contributed by atoms with Crippen molar-refractivity contribution in [3.05, 3.63) is 0 Å². The van der Waals surface area contributed by atoms with E-state index in [1.54, 1.807) is 0 Å².